The first-order chi connectivity index (χ1) is 13.6. The Balaban J connectivity index is 2.94. The van der Waals surface area contributed by atoms with E-state index in [1.54, 1.807) is 0 Å². The number of unbranched alkanes of at least 4 members (excludes halogenated alkanes) is 1. The minimum atomic E-state index is -1.47. The zero-order valence-corrected chi connectivity index (χ0v) is 17.3. The summed E-state index contributed by atoms with van der Waals surface area (Å²) in [7, 11) is 0. The zero-order valence-electron chi connectivity index (χ0n) is 17.3. The molecule has 0 aromatic heterocycles. The highest BCUT2D eigenvalue weighted by molar-refractivity contribution is 6.04. The van der Waals surface area contributed by atoms with Crippen molar-refractivity contribution in [3.8, 4) is 0 Å². The molecule has 1 heterocycles. The van der Waals surface area contributed by atoms with Crippen molar-refractivity contribution in [1.82, 2.24) is 4.90 Å². The van der Waals surface area contributed by atoms with Gasteiger partial charge in [-0.2, -0.15) is 0 Å². The van der Waals surface area contributed by atoms with Gasteiger partial charge in [-0.05, 0) is 37.8 Å². The number of nitrogens with zero attached hydrogens (tertiary/aromatic N) is 1. The molecule has 1 rings (SSSR count). The van der Waals surface area contributed by atoms with Crippen molar-refractivity contribution in [1.29, 1.82) is 0 Å². The van der Waals surface area contributed by atoms with E-state index in [4.69, 9.17) is 14.6 Å². The molecule has 1 saturated heterocycles. The highest BCUT2D eigenvalue weighted by Crippen LogP contribution is 2.24. The number of carbonyl (C=O) groups is 5. The fraction of sp³-hybridized carbons (Fsp3) is 0.650. The lowest BCUT2D eigenvalue weighted by Crippen LogP contribution is -2.48. The van der Waals surface area contributed by atoms with Crippen molar-refractivity contribution in [3.05, 3.63) is 12.2 Å². The van der Waals surface area contributed by atoms with E-state index in [2.05, 4.69) is 0 Å². The number of ether oxygens (including phenoxy) is 2. The van der Waals surface area contributed by atoms with Gasteiger partial charge in [-0.15, -0.1) is 0 Å². The minimum absolute atomic E-state index is 0.0274. The maximum atomic E-state index is 12.9. The largest absolute Gasteiger partial charge is 0.453 e. The molecule has 29 heavy (non-hydrogen) atoms. The van der Waals surface area contributed by atoms with Gasteiger partial charge in [-0.3, -0.25) is 19.2 Å². The van der Waals surface area contributed by atoms with Crippen LogP contribution in [0.15, 0.2) is 12.2 Å². The van der Waals surface area contributed by atoms with Gasteiger partial charge in [-0.25, -0.2) is 9.69 Å². The summed E-state index contributed by atoms with van der Waals surface area (Å²) in [5.74, 6) is -3.71. The molecular formula is C20H29NO8. The molecule has 1 aliphatic rings. The number of hydrogen-bond acceptors (Lipinski definition) is 8. The van der Waals surface area contributed by atoms with E-state index in [1.807, 2.05) is 13.8 Å². The first-order valence-corrected chi connectivity index (χ1v) is 9.62. The van der Waals surface area contributed by atoms with E-state index < -0.39 is 41.8 Å². The summed E-state index contributed by atoms with van der Waals surface area (Å²) in [6.45, 7) is 6.18. The van der Waals surface area contributed by atoms with E-state index in [0.29, 0.717) is 12.8 Å². The van der Waals surface area contributed by atoms with Gasteiger partial charge in [0, 0.05) is 20.0 Å². The number of aliphatic hydroxyl groups is 1. The first-order valence-electron chi connectivity index (χ1n) is 9.62. The molecule has 0 bridgehead atoms. The third-order valence-corrected chi connectivity index (χ3v) is 4.59. The van der Waals surface area contributed by atoms with Crippen LogP contribution in [-0.4, -0.2) is 64.9 Å². The summed E-state index contributed by atoms with van der Waals surface area (Å²) >= 11 is 0. The number of cyclic esters (lactones) is 1. The van der Waals surface area contributed by atoms with E-state index >= 15 is 0 Å². The summed E-state index contributed by atoms with van der Waals surface area (Å²) in [6, 6.07) is -0.478. The molecule has 9 heteroatoms. The molecule has 0 aromatic carbocycles. The van der Waals surface area contributed by atoms with Crippen LogP contribution < -0.4 is 0 Å². The number of hydrogen-bond donors (Lipinski definition) is 1. The van der Waals surface area contributed by atoms with Crippen LogP contribution >= 0.6 is 0 Å². The summed E-state index contributed by atoms with van der Waals surface area (Å²) in [4.78, 5) is 61.6. The molecule has 3 atom stereocenters. The number of carbonyl (C=O) groups excluding carboxylic acids is 5. The van der Waals surface area contributed by atoms with Crippen LogP contribution in [0.5, 0.6) is 0 Å². The smallest absolute Gasteiger partial charge is 0.416 e. The van der Waals surface area contributed by atoms with Crippen molar-refractivity contribution >= 4 is 29.5 Å². The molecule has 0 spiro atoms. The van der Waals surface area contributed by atoms with Crippen molar-refractivity contribution in [3.63, 3.8) is 0 Å². The van der Waals surface area contributed by atoms with Crippen molar-refractivity contribution in [2.75, 3.05) is 13.2 Å². The number of amides is 2. The standard InChI is InChI=1S/C20H29NO8/c1-12(2)16-11-28-20(27)21(16)19(26)13(3)18(29-14(4)23)17(25)9-8-15(24)7-5-6-10-22/h8-9,12-13,16,18,22H,5-7,10-11H2,1-4H3. The Kier molecular flexibility index (Phi) is 9.67. The molecule has 1 aliphatic heterocycles. The molecule has 0 aromatic rings. The number of ketones is 2. The van der Waals surface area contributed by atoms with E-state index in [1.165, 1.54) is 6.92 Å². The van der Waals surface area contributed by atoms with E-state index in [9.17, 15) is 24.0 Å². The lowest BCUT2D eigenvalue weighted by molar-refractivity contribution is -0.158. The normalized spacial score (nSPS) is 18.6. The van der Waals surface area contributed by atoms with E-state index in [0.717, 1.165) is 24.0 Å². The second kappa shape index (κ2) is 11.5. The molecule has 3 unspecified atom stereocenters. The van der Waals surface area contributed by atoms with Crippen LogP contribution in [0.3, 0.4) is 0 Å². The van der Waals surface area contributed by atoms with Crippen LogP contribution in [0, 0.1) is 11.8 Å². The Labute approximate surface area is 170 Å². The Hall–Kier alpha value is -2.55. The molecule has 9 nitrogen and oxygen atoms in total. The van der Waals surface area contributed by atoms with Crippen LogP contribution in [-0.2, 0) is 28.7 Å². The molecule has 0 radical (unpaired) electrons. The van der Waals surface area contributed by atoms with Crippen molar-refractivity contribution in [2.24, 2.45) is 11.8 Å². The fourth-order valence-corrected chi connectivity index (χ4v) is 2.88. The fourth-order valence-electron chi connectivity index (χ4n) is 2.88. The summed E-state index contributed by atoms with van der Waals surface area (Å²) in [6.07, 6.45) is 0.871. The number of imide groups is 1. The van der Waals surface area contributed by atoms with Crippen molar-refractivity contribution < 1.29 is 38.6 Å². The number of aliphatic hydroxyl groups excluding tert-OH is 1. The van der Waals surface area contributed by atoms with Crippen LogP contribution in [0.25, 0.3) is 0 Å². The average molecular weight is 411 g/mol. The molecular weight excluding hydrogens is 382 g/mol. The van der Waals surface area contributed by atoms with Gasteiger partial charge < -0.3 is 14.6 Å². The number of esters is 1. The zero-order chi connectivity index (χ0) is 22.1. The summed E-state index contributed by atoms with van der Waals surface area (Å²) in [5, 5.41) is 8.73. The monoisotopic (exact) mass is 411 g/mol. The summed E-state index contributed by atoms with van der Waals surface area (Å²) < 4.78 is 9.99. The molecule has 0 saturated carbocycles. The molecule has 0 aliphatic carbocycles. The molecule has 1 N–H and O–H groups in total. The topological polar surface area (TPSA) is 127 Å². The quantitative estimate of drug-likeness (QED) is 0.307. The molecule has 1 fully saturated rings. The average Bonchev–Trinajstić information content (AvgIpc) is 3.04. The number of rotatable bonds is 11. The predicted octanol–water partition coefficient (Wildman–Crippen LogP) is 1.41. The SMILES string of the molecule is CC(=O)OC(C(=O)C=CC(=O)CCCCO)C(C)C(=O)N1C(=O)OCC1C(C)C. The second-order valence-electron chi connectivity index (χ2n) is 7.30. The lowest BCUT2D eigenvalue weighted by atomic mass is 9.96. The van der Waals surface area contributed by atoms with Gasteiger partial charge >= 0.3 is 12.1 Å². The second-order valence-corrected chi connectivity index (χ2v) is 7.30. The third kappa shape index (κ3) is 7.08. The molecule has 2 amide bonds. The van der Waals surface area contributed by atoms with Gasteiger partial charge in [0.25, 0.3) is 0 Å². The maximum absolute atomic E-state index is 12.9. The Morgan fingerprint density at radius 2 is 1.86 bits per heavy atom. The van der Waals surface area contributed by atoms with Gasteiger partial charge in [0.2, 0.25) is 5.91 Å². The maximum Gasteiger partial charge on any atom is 0.416 e. The third-order valence-electron chi connectivity index (χ3n) is 4.59. The minimum Gasteiger partial charge on any atom is -0.453 e. The Morgan fingerprint density at radius 1 is 1.21 bits per heavy atom. The van der Waals surface area contributed by atoms with Gasteiger partial charge in [0.05, 0.1) is 12.0 Å². The van der Waals surface area contributed by atoms with Gasteiger partial charge in [0.15, 0.2) is 17.7 Å². The summed E-state index contributed by atoms with van der Waals surface area (Å²) in [5.41, 5.74) is 0. The van der Waals surface area contributed by atoms with Crippen LogP contribution in [0.4, 0.5) is 4.79 Å². The molecule has 162 valence electrons. The van der Waals surface area contributed by atoms with Crippen LogP contribution in [0.2, 0.25) is 0 Å². The predicted molar refractivity (Wildman–Crippen MR) is 102 cm³/mol. The van der Waals surface area contributed by atoms with Crippen LogP contribution in [0.1, 0.15) is 47.0 Å². The van der Waals surface area contributed by atoms with E-state index in [-0.39, 0.29) is 31.3 Å². The van der Waals surface area contributed by atoms with Gasteiger partial charge in [-0.1, -0.05) is 13.8 Å². The van der Waals surface area contributed by atoms with Gasteiger partial charge in [0.1, 0.15) is 6.61 Å². The Bertz CT molecular complexity index is 669. The highest BCUT2D eigenvalue weighted by Gasteiger charge is 2.44. The van der Waals surface area contributed by atoms with Crippen molar-refractivity contribution in [2.45, 2.75) is 59.1 Å². The lowest BCUT2D eigenvalue weighted by Gasteiger charge is -2.28. The Morgan fingerprint density at radius 3 is 2.41 bits per heavy atom. The number of allylic oxidation sites excluding steroid dienone is 1. The first kappa shape index (κ1) is 24.5. The highest BCUT2D eigenvalue weighted by atomic mass is 16.6.